The van der Waals surface area contributed by atoms with Crippen molar-refractivity contribution in [2.45, 2.75) is 0 Å². The maximum Gasteiger partial charge on any atom is 0.172 e. The number of rotatable bonds is 3. The summed E-state index contributed by atoms with van der Waals surface area (Å²) in [6.45, 7) is 0. The lowest BCUT2D eigenvalue weighted by Crippen LogP contribution is -2.00. The van der Waals surface area contributed by atoms with Crippen LogP contribution in [0.3, 0.4) is 0 Å². The average Bonchev–Trinajstić information content (AvgIpc) is 2.91. The molecule has 0 saturated carbocycles. The van der Waals surface area contributed by atoms with Gasteiger partial charge in [0.25, 0.3) is 0 Å². The van der Waals surface area contributed by atoms with Gasteiger partial charge in [0.1, 0.15) is 17.3 Å². The number of carbonyl (C=O) groups excluding carboxylic acids is 1. The second kappa shape index (κ2) is 5.24. The molecule has 4 nitrogen and oxygen atoms in total. The van der Waals surface area contributed by atoms with E-state index in [0.29, 0.717) is 23.2 Å². The predicted octanol–water partition coefficient (Wildman–Crippen LogP) is 3.03. The van der Waals surface area contributed by atoms with Crippen LogP contribution in [-0.4, -0.2) is 21.3 Å². The van der Waals surface area contributed by atoms with Crippen LogP contribution in [0.2, 0.25) is 0 Å². The fourth-order valence-electron chi connectivity index (χ4n) is 2.07. The van der Waals surface area contributed by atoms with Crippen molar-refractivity contribution in [2.24, 2.45) is 0 Å². The third-order valence-corrected chi connectivity index (χ3v) is 2.96. The van der Waals surface area contributed by atoms with E-state index in [-0.39, 0.29) is 5.69 Å². The molecule has 104 valence electrons. The van der Waals surface area contributed by atoms with Gasteiger partial charge in [-0.3, -0.25) is 4.79 Å². The Morgan fingerprint density at radius 1 is 1.00 bits per heavy atom. The summed E-state index contributed by atoms with van der Waals surface area (Å²) in [6, 6.07) is 11.4. The minimum Gasteiger partial charge on any atom is -0.296 e. The highest BCUT2D eigenvalue weighted by Crippen LogP contribution is 2.25. The summed E-state index contributed by atoms with van der Waals surface area (Å²) in [6.07, 6.45) is 0.531. The van der Waals surface area contributed by atoms with Crippen molar-refractivity contribution in [1.29, 1.82) is 0 Å². The van der Waals surface area contributed by atoms with Crippen LogP contribution in [0.15, 0.2) is 48.5 Å². The molecule has 0 aliphatic heterocycles. The van der Waals surface area contributed by atoms with Crippen molar-refractivity contribution < 1.29 is 13.6 Å². The zero-order valence-corrected chi connectivity index (χ0v) is 10.7. The fourth-order valence-corrected chi connectivity index (χ4v) is 2.07. The first-order valence-corrected chi connectivity index (χ1v) is 6.12. The van der Waals surface area contributed by atoms with Crippen LogP contribution in [0.1, 0.15) is 10.5 Å². The van der Waals surface area contributed by atoms with Gasteiger partial charge in [-0.05, 0) is 30.3 Å². The van der Waals surface area contributed by atoms with Gasteiger partial charge in [0, 0.05) is 5.56 Å². The van der Waals surface area contributed by atoms with E-state index in [1.165, 1.54) is 41.1 Å². The van der Waals surface area contributed by atoms with Crippen LogP contribution in [0.4, 0.5) is 8.78 Å². The first-order valence-electron chi connectivity index (χ1n) is 6.12. The van der Waals surface area contributed by atoms with Crippen molar-refractivity contribution in [2.75, 3.05) is 0 Å². The summed E-state index contributed by atoms with van der Waals surface area (Å²) < 4.78 is 28.1. The van der Waals surface area contributed by atoms with Crippen LogP contribution in [0.25, 0.3) is 16.9 Å². The molecule has 0 radical (unpaired) electrons. The topological polar surface area (TPSA) is 47.8 Å². The van der Waals surface area contributed by atoms with Crippen LogP contribution in [-0.2, 0) is 0 Å². The summed E-state index contributed by atoms with van der Waals surface area (Å²) in [5.41, 5.74) is 1.21. The van der Waals surface area contributed by atoms with Crippen molar-refractivity contribution >= 4 is 6.29 Å². The Morgan fingerprint density at radius 2 is 1.71 bits per heavy atom. The Kier molecular flexibility index (Phi) is 3.27. The third-order valence-electron chi connectivity index (χ3n) is 2.96. The van der Waals surface area contributed by atoms with Gasteiger partial charge in [-0.2, -0.15) is 0 Å². The van der Waals surface area contributed by atoms with Crippen LogP contribution >= 0.6 is 0 Å². The highest BCUT2D eigenvalue weighted by Gasteiger charge is 2.16. The van der Waals surface area contributed by atoms with Crippen molar-refractivity contribution in [1.82, 2.24) is 15.0 Å². The second-order valence-electron chi connectivity index (χ2n) is 4.34. The van der Waals surface area contributed by atoms with Crippen molar-refractivity contribution in [3.8, 4) is 16.9 Å². The Balaban J connectivity index is 2.24. The largest absolute Gasteiger partial charge is 0.296 e. The number of benzene rings is 2. The summed E-state index contributed by atoms with van der Waals surface area (Å²) in [7, 11) is 0. The van der Waals surface area contributed by atoms with Gasteiger partial charge >= 0.3 is 0 Å². The maximum absolute atomic E-state index is 13.4. The zero-order chi connectivity index (χ0) is 14.8. The molecule has 2 aromatic carbocycles. The van der Waals surface area contributed by atoms with Crippen LogP contribution < -0.4 is 0 Å². The van der Waals surface area contributed by atoms with Gasteiger partial charge < -0.3 is 0 Å². The Morgan fingerprint density at radius 3 is 2.38 bits per heavy atom. The quantitative estimate of drug-likeness (QED) is 0.695. The molecule has 0 unspecified atom stereocenters. The molecule has 6 heteroatoms. The number of aldehydes is 1. The van der Waals surface area contributed by atoms with E-state index < -0.39 is 11.6 Å². The summed E-state index contributed by atoms with van der Waals surface area (Å²) in [5.74, 6) is -0.891. The van der Waals surface area contributed by atoms with Gasteiger partial charge in [-0.1, -0.05) is 23.4 Å². The summed E-state index contributed by atoms with van der Waals surface area (Å²) in [4.78, 5) is 11.1. The van der Waals surface area contributed by atoms with E-state index in [4.69, 9.17) is 0 Å². The predicted molar refractivity (Wildman–Crippen MR) is 72.1 cm³/mol. The molecule has 0 atom stereocenters. The Bertz CT molecular complexity index is 814. The molecule has 0 spiro atoms. The highest BCUT2D eigenvalue weighted by molar-refractivity contribution is 5.83. The van der Waals surface area contributed by atoms with E-state index in [0.717, 1.165) is 0 Å². The molecule has 0 aliphatic carbocycles. The van der Waals surface area contributed by atoms with Gasteiger partial charge in [-0.25, -0.2) is 13.5 Å². The first kappa shape index (κ1) is 13.1. The molecular formula is C15H9F2N3O. The number of hydrogen-bond acceptors (Lipinski definition) is 3. The molecule has 0 aliphatic rings. The highest BCUT2D eigenvalue weighted by atomic mass is 19.1. The van der Waals surface area contributed by atoms with E-state index >= 15 is 0 Å². The van der Waals surface area contributed by atoms with Crippen LogP contribution in [0, 0.1) is 11.6 Å². The average molecular weight is 285 g/mol. The van der Waals surface area contributed by atoms with Gasteiger partial charge in [0.2, 0.25) is 0 Å². The molecule has 3 aromatic rings. The number of nitrogens with zero attached hydrogens (tertiary/aromatic N) is 3. The molecule has 21 heavy (non-hydrogen) atoms. The normalized spacial score (nSPS) is 10.6. The van der Waals surface area contributed by atoms with E-state index in [2.05, 4.69) is 10.3 Å². The molecule has 0 saturated heterocycles. The standard InChI is InChI=1S/C15H9F2N3O/c16-11-4-1-3-10(7-11)15-14(9-21)18-19-20(15)13-6-2-5-12(17)8-13/h1-9H. The molecule has 0 amide bonds. The number of hydrogen-bond donors (Lipinski definition) is 0. The Hall–Kier alpha value is -2.89. The van der Waals surface area contributed by atoms with Gasteiger partial charge in [0.05, 0.1) is 5.69 Å². The molecule has 0 N–H and O–H groups in total. The van der Waals surface area contributed by atoms with Crippen molar-refractivity contribution in [3.05, 3.63) is 65.9 Å². The SMILES string of the molecule is O=Cc1nnn(-c2cccc(F)c2)c1-c1cccc(F)c1. The zero-order valence-electron chi connectivity index (χ0n) is 10.7. The molecular weight excluding hydrogens is 276 g/mol. The first-order chi connectivity index (χ1) is 10.2. The molecule has 3 rings (SSSR count). The molecule has 0 bridgehead atoms. The minimum atomic E-state index is -0.448. The molecule has 1 heterocycles. The lowest BCUT2D eigenvalue weighted by Gasteiger charge is -2.07. The van der Waals surface area contributed by atoms with E-state index in [1.807, 2.05) is 0 Å². The number of aromatic nitrogens is 3. The van der Waals surface area contributed by atoms with Gasteiger partial charge in [-0.15, -0.1) is 5.10 Å². The summed E-state index contributed by atoms with van der Waals surface area (Å²) in [5, 5.41) is 7.60. The smallest absolute Gasteiger partial charge is 0.172 e. The fraction of sp³-hybridized carbons (Fsp3) is 0. The van der Waals surface area contributed by atoms with E-state index in [9.17, 15) is 13.6 Å². The molecule has 1 aromatic heterocycles. The van der Waals surface area contributed by atoms with E-state index in [1.54, 1.807) is 12.1 Å². The lowest BCUT2D eigenvalue weighted by atomic mass is 10.1. The van der Waals surface area contributed by atoms with Crippen LogP contribution in [0.5, 0.6) is 0 Å². The molecule has 0 fully saturated rings. The minimum absolute atomic E-state index is 0.0601. The van der Waals surface area contributed by atoms with Gasteiger partial charge in [0.15, 0.2) is 12.0 Å². The number of carbonyl (C=O) groups is 1. The maximum atomic E-state index is 13.4. The summed E-state index contributed by atoms with van der Waals surface area (Å²) >= 11 is 0. The lowest BCUT2D eigenvalue weighted by molar-refractivity contribution is 0.111. The second-order valence-corrected chi connectivity index (χ2v) is 4.34. The number of halogens is 2. The third kappa shape index (κ3) is 2.43. The van der Waals surface area contributed by atoms with Crippen molar-refractivity contribution in [3.63, 3.8) is 0 Å². The monoisotopic (exact) mass is 285 g/mol. The Labute approximate surface area is 118 Å².